The first-order valence-electron chi connectivity index (χ1n) is 9.31. The zero-order valence-electron chi connectivity index (χ0n) is 15.6. The lowest BCUT2D eigenvalue weighted by atomic mass is 10.1. The van der Waals surface area contributed by atoms with Crippen molar-refractivity contribution < 1.29 is 9.59 Å². The fourth-order valence-electron chi connectivity index (χ4n) is 3.82. The van der Waals surface area contributed by atoms with Gasteiger partial charge in [0.05, 0.1) is 0 Å². The fourth-order valence-corrected chi connectivity index (χ4v) is 4.79. The Bertz CT molecular complexity index is 860. The lowest BCUT2D eigenvalue weighted by Crippen LogP contribution is -2.39. The highest BCUT2D eigenvalue weighted by Crippen LogP contribution is 2.34. The van der Waals surface area contributed by atoms with Crippen molar-refractivity contribution in [1.29, 1.82) is 0 Å². The Balaban J connectivity index is 1.49. The van der Waals surface area contributed by atoms with Gasteiger partial charge >= 0.3 is 0 Å². The molecule has 2 aliphatic rings. The second kappa shape index (κ2) is 7.26. The van der Waals surface area contributed by atoms with Gasteiger partial charge in [-0.25, -0.2) is 0 Å². The van der Waals surface area contributed by atoms with Crippen LogP contribution in [0.1, 0.15) is 36.8 Å². The second-order valence-electron chi connectivity index (χ2n) is 7.23. The molecule has 1 aromatic carbocycles. The van der Waals surface area contributed by atoms with Gasteiger partial charge in [-0.2, -0.15) is 0 Å². The Hall–Kier alpha value is -2.48. The summed E-state index contributed by atoms with van der Waals surface area (Å²) < 4.78 is 0. The van der Waals surface area contributed by atoms with Gasteiger partial charge in [-0.05, 0) is 56.4 Å². The van der Waals surface area contributed by atoms with Gasteiger partial charge in [0, 0.05) is 25.2 Å². The third-order valence-corrected chi connectivity index (χ3v) is 5.98. The third-order valence-electron chi connectivity index (χ3n) is 5.00. The Morgan fingerprint density at radius 3 is 2.56 bits per heavy atom. The first-order chi connectivity index (χ1) is 13.0. The van der Waals surface area contributed by atoms with Crippen LogP contribution in [0.5, 0.6) is 0 Å². The van der Waals surface area contributed by atoms with E-state index >= 15 is 0 Å². The van der Waals surface area contributed by atoms with E-state index in [2.05, 4.69) is 21.6 Å². The van der Waals surface area contributed by atoms with E-state index < -0.39 is 0 Å². The lowest BCUT2D eigenvalue weighted by molar-refractivity contribution is -0.117. The van der Waals surface area contributed by atoms with Crippen molar-refractivity contribution in [2.45, 2.75) is 45.6 Å². The van der Waals surface area contributed by atoms with Crippen LogP contribution in [0.4, 0.5) is 16.0 Å². The largest absolute Gasteiger partial charge is 0.335 e. The molecule has 2 amide bonds. The monoisotopic (exact) mass is 385 g/mol. The number of hydrogen-bond acceptors (Lipinski definition) is 6. The zero-order valence-corrected chi connectivity index (χ0v) is 16.4. The molecule has 0 spiro atoms. The third kappa shape index (κ3) is 3.66. The fraction of sp³-hybridized carbons (Fsp3) is 0.474. The number of carbonyl (C=O) groups is 2. The summed E-state index contributed by atoms with van der Waals surface area (Å²) in [6.07, 6.45) is 3.15. The molecule has 2 aromatic rings. The molecule has 1 atom stereocenters. The van der Waals surface area contributed by atoms with E-state index in [0.29, 0.717) is 23.2 Å². The van der Waals surface area contributed by atoms with E-state index in [9.17, 15) is 9.59 Å². The number of benzene rings is 1. The van der Waals surface area contributed by atoms with E-state index in [1.165, 1.54) is 11.3 Å². The maximum absolute atomic E-state index is 12.9. The topological polar surface area (TPSA) is 78.4 Å². The molecule has 142 valence electrons. The number of rotatable bonds is 4. The van der Waals surface area contributed by atoms with Crippen LogP contribution in [-0.4, -0.2) is 41.1 Å². The van der Waals surface area contributed by atoms with Crippen LogP contribution in [0.3, 0.4) is 0 Å². The van der Waals surface area contributed by atoms with Crippen LogP contribution < -0.4 is 15.1 Å². The minimum Gasteiger partial charge on any atom is -0.335 e. The van der Waals surface area contributed by atoms with Gasteiger partial charge in [0.1, 0.15) is 6.04 Å². The normalized spacial score (nSPS) is 19.8. The highest BCUT2D eigenvalue weighted by atomic mass is 32.1. The van der Waals surface area contributed by atoms with Gasteiger partial charge in [0.15, 0.2) is 0 Å². The van der Waals surface area contributed by atoms with Crippen LogP contribution >= 0.6 is 11.3 Å². The molecule has 7 nitrogen and oxygen atoms in total. The zero-order chi connectivity index (χ0) is 19.0. The average Bonchev–Trinajstić information content (AvgIpc) is 3.33. The van der Waals surface area contributed by atoms with E-state index in [0.717, 1.165) is 42.6 Å². The quantitative estimate of drug-likeness (QED) is 0.876. The SMILES string of the molecule is Cc1cc(C)cc(NC(=O)C2CCCN2c2nnc(N3CCCC3=O)s2)c1. The molecule has 1 N–H and O–H groups in total. The van der Waals surface area contributed by atoms with Gasteiger partial charge in [-0.15, -0.1) is 10.2 Å². The minimum atomic E-state index is -0.263. The van der Waals surface area contributed by atoms with Gasteiger partial charge in [0.2, 0.25) is 22.1 Å². The summed E-state index contributed by atoms with van der Waals surface area (Å²) in [5.74, 6) is 0.0785. The summed E-state index contributed by atoms with van der Waals surface area (Å²) in [7, 11) is 0. The summed E-state index contributed by atoms with van der Waals surface area (Å²) >= 11 is 1.39. The molecule has 2 aliphatic heterocycles. The van der Waals surface area contributed by atoms with Gasteiger partial charge in [-0.1, -0.05) is 17.4 Å². The van der Waals surface area contributed by atoms with Crippen LogP contribution in [0, 0.1) is 13.8 Å². The Morgan fingerprint density at radius 1 is 1.11 bits per heavy atom. The number of hydrogen-bond donors (Lipinski definition) is 1. The summed E-state index contributed by atoms with van der Waals surface area (Å²) in [6, 6.07) is 5.78. The highest BCUT2D eigenvalue weighted by Gasteiger charge is 2.34. The number of nitrogens with zero attached hydrogens (tertiary/aromatic N) is 4. The summed E-state index contributed by atoms with van der Waals surface area (Å²) in [4.78, 5) is 28.5. The van der Waals surface area contributed by atoms with Crippen molar-refractivity contribution in [2.75, 3.05) is 28.2 Å². The molecule has 3 heterocycles. The molecule has 0 radical (unpaired) electrons. The van der Waals surface area contributed by atoms with Crippen LogP contribution in [0.25, 0.3) is 0 Å². The van der Waals surface area contributed by atoms with Crippen molar-refractivity contribution in [3.8, 4) is 0 Å². The molecule has 0 saturated carbocycles. The minimum absolute atomic E-state index is 0.0218. The van der Waals surface area contributed by atoms with Crippen molar-refractivity contribution in [2.24, 2.45) is 0 Å². The first kappa shape index (κ1) is 17.9. The number of nitrogens with one attached hydrogen (secondary N) is 1. The summed E-state index contributed by atoms with van der Waals surface area (Å²) in [6.45, 7) is 5.51. The molecule has 1 unspecified atom stereocenters. The second-order valence-corrected chi connectivity index (χ2v) is 8.17. The van der Waals surface area contributed by atoms with Crippen molar-refractivity contribution in [1.82, 2.24) is 10.2 Å². The van der Waals surface area contributed by atoms with E-state index in [1.807, 2.05) is 30.9 Å². The van der Waals surface area contributed by atoms with Crippen molar-refractivity contribution in [3.63, 3.8) is 0 Å². The number of aromatic nitrogens is 2. The Labute approximate surface area is 162 Å². The van der Waals surface area contributed by atoms with E-state index in [4.69, 9.17) is 0 Å². The average molecular weight is 385 g/mol. The van der Waals surface area contributed by atoms with Gasteiger partial charge in [0.25, 0.3) is 0 Å². The first-order valence-corrected chi connectivity index (χ1v) is 10.1. The van der Waals surface area contributed by atoms with Crippen LogP contribution in [0.15, 0.2) is 18.2 Å². The predicted octanol–water partition coefficient (Wildman–Crippen LogP) is 2.89. The molecule has 0 aliphatic carbocycles. The number of carbonyl (C=O) groups excluding carboxylic acids is 2. The summed E-state index contributed by atoms with van der Waals surface area (Å²) in [5.41, 5.74) is 3.07. The molecule has 4 rings (SSSR count). The summed E-state index contributed by atoms with van der Waals surface area (Å²) in [5, 5.41) is 12.8. The smallest absolute Gasteiger partial charge is 0.247 e. The Kier molecular flexibility index (Phi) is 4.82. The highest BCUT2D eigenvalue weighted by molar-refractivity contribution is 7.19. The van der Waals surface area contributed by atoms with Crippen LogP contribution in [0.2, 0.25) is 0 Å². The molecule has 8 heteroatoms. The van der Waals surface area contributed by atoms with E-state index in [-0.39, 0.29) is 17.9 Å². The molecule has 2 saturated heterocycles. The van der Waals surface area contributed by atoms with Crippen molar-refractivity contribution in [3.05, 3.63) is 29.3 Å². The standard InChI is InChI=1S/C19H23N5O2S/c1-12-9-13(2)11-14(10-12)20-17(26)15-5-3-7-23(15)18-21-22-19(27-18)24-8-4-6-16(24)25/h9-11,15H,3-8H2,1-2H3,(H,20,26). The molecular weight excluding hydrogens is 362 g/mol. The van der Waals surface area contributed by atoms with Gasteiger partial charge < -0.3 is 10.2 Å². The maximum Gasteiger partial charge on any atom is 0.247 e. The molecule has 1 aromatic heterocycles. The molecule has 27 heavy (non-hydrogen) atoms. The van der Waals surface area contributed by atoms with Crippen molar-refractivity contribution >= 4 is 39.1 Å². The molecule has 2 fully saturated rings. The number of aryl methyl sites for hydroxylation is 2. The lowest BCUT2D eigenvalue weighted by Gasteiger charge is -2.23. The predicted molar refractivity (Wildman–Crippen MR) is 106 cm³/mol. The Morgan fingerprint density at radius 2 is 1.85 bits per heavy atom. The van der Waals surface area contributed by atoms with Crippen LogP contribution in [-0.2, 0) is 9.59 Å². The van der Waals surface area contributed by atoms with Gasteiger partial charge in [-0.3, -0.25) is 14.5 Å². The van der Waals surface area contributed by atoms with E-state index in [1.54, 1.807) is 4.90 Å². The maximum atomic E-state index is 12.9. The number of anilines is 3. The molecular formula is C19H23N5O2S. The number of amides is 2. The molecule has 0 bridgehead atoms.